The molecule has 3 rings (SSSR count). The summed E-state index contributed by atoms with van der Waals surface area (Å²) >= 11 is 0. The van der Waals surface area contributed by atoms with Gasteiger partial charge in [0.05, 0.1) is 12.0 Å². The molecule has 1 aromatic carbocycles. The van der Waals surface area contributed by atoms with Gasteiger partial charge in [-0.25, -0.2) is 4.79 Å². The third-order valence-corrected chi connectivity index (χ3v) is 5.77. The number of nitrogens with one attached hydrogen (secondary N) is 1. The van der Waals surface area contributed by atoms with E-state index < -0.39 is 6.09 Å². The Morgan fingerprint density at radius 3 is 2.44 bits per heavy atom. The van der Waals surface area contributed by atoms with Crippen LogP contribution in [0.4, 0.5) is 4.79 Å². The summed E-state index contributed by atoms with van der Waals surface area (Å²) in [5, 5.41) is 2.89. The molecule has 5 nitrogen and oxygen atoms in total. The number of ether oxygens (including phenoxy) is 1. The van der Waals surface area contributed by atoms with Gasteiger partial charge in [-0.2, -0.15) is 0 Å². The summed E-state index contributed by atoms with van der Waals surface area (Å²) in [6.07, 6.45) is 3.22. The lowest BCUT2D eigenvalue weighted by molar-refractivity contribution is -0.135. The summed E-state index contributed by atoms with van der Waals surface area (Å²) in [6.45, 7) is 10.1. The van der Waals surface area contributed by atoms with E-state index in [1.807, 2.05) is 4.90 Å². The maximum absolute atomic E-state index is 13.3. The Hall–Kier alpha value is -2.04. The maximum atomic E-state index is 13.3. The molecule has 1 saturated carbocycles. The van der Waals surface area contributed by atoms with E-state index in [0.717, 1.165) is 37.8 Å². The molecule has 1 saturated heterocycles. The molecule has 27 heavy (non-hydrogen) atoms. The van der Waals surface area contributed by atoms with Crippen molar-refractivity contribution < 1.29 is 14.3 Å². The molecule has 1 aliphatic carbocycles. The van der Waals surface area contributed by atoms with Crippen LogP contribution in [0.3, 0.4) is 0 Å². The van der Waals surface area contributed by atoms with Gasteiger partial charge in [-0.1, -0.05) is 45.0 Å². The number of piperidine rings is 1. The fraction of sp³-hybridized carbons (Fsp3) is 0.636. The minimum Gasteiger partial charge on any atom is -0.450 e. The number of carbonyl (C=O) groups excluding carboxylic acids is 2. The van der Waals surface area contributed by atoms with E-state index in [4.69, 9.17) is 4.74 Å². The van der Waals surface area contributed by atoms with E-state index in [9.17, 15) is 9.59 Å². The molecule has 0 radical (unpaired) electrons. The number of alkyl carbamates (subject to hydrolysis) is 1. The van der Waals surface area contributed by atoms with E-state index in [-0.39, 0.29) is 22.8 Å². The average Bonchev–Trinajstić information content (AvgIpc) is 3.43. The molecule has 148 valence electrons. The fourth-order valence-corrected chi connectivity index (χ4v) is 3.96. The van der Waals surface area contributed by atoms with Crippen LogP contribution in [0.1, 0.15) is 64.5 Å². The SMILES string of the molecule is CCOC(=O)NC1CCCN(C(=O)C2(c3ccc(C(C)(C)C)cc3)CC2)C1. The number of carbonyl (C=O) groups is 2. The van der Waals surface area contributed by atoms with Crippen LogP contribution < -0.4 is 5.32 Å². The first-order valence-corrected chi connectivity index (χ1v) is 10.1. The summed E-state index contributed by atoms with van der Waals surface area (Å²) in [6, 6.07) is 8.54. The van der Waals surface area contributed by atoms with Gasteiger partial charge in [0.1, 0.15) is 0 Å². The Balaban J connectivity index is 1.68. The van der Waals surface area contributed by atoms with Crippen LogP contribution in [0, 0.1) is 0 Å². The molecule has 1 aromatic rings. The zero-order valence-electron chi connectivity index (χ0n) is 17.0. The first-order chi connectivity index (χ1) is 12.8. The second-order valence-corrected chi connectivity index (χ2v) is 8.86. The lowest BCUT2D eigenvalue weighted by Gasteiger charge is -2.35. The van der Waals surface area contributed by atoms with Gasteiger partial charge < -0.3 is 15.0 Å². The molecule has 0 bridgehead atoms. The molecule has 5 heteroatoms. The van der Waals surface area contributed by atoms with E-state index in [1.54, 1.807) is 6.92 Å². The first kappa shape index (κ1) is 19.7. The number of rotatable bonds is 4. The Labute approximate surface area is 162 Å². The van der Waals surface area contributed by atoms with E-state index in [0.29, 0.717) is 13.2 Å². The van der Waals surface area contributed by atoms with E-state index >= 15 is 0 Å². The van der Waals surface area contributed by atoms with Crippen molar-refractivity contribution in [2.45, 2.75) is 70.3 Å². The van der Waals surface area contributed by atoms with Gasteiger partial charge in [0.15, 0.2) is 0 Å². The average molecular weight is 373 g/mol. The third-order valence-electron chi connectivity index (χ3n) is 5.77. The van der Waals surface area contributed by atoms with Crippen molar-refractivity contribution in [2.24, 2.45) is 0 Å². The maximum Gasteiger partial charge on any atom is 0.407 e. The second-order valence-electron chi connectivity index (χ2n) is 8.86. The van der Waals surface area contributed by atoms with Crippen LogP contribution in [-0.2, 0) is 20.4 Å². The number of hydrogen-bond acceptors (Lipinski definition) is 3. The van der Waals surface area contributed by atoms with Gasteiger partial charge in [-0.15, -0.1) is 0 Å². The van der Waals surface area contributed by atoms with Crippen molar-refractivity contribution >= 4 is 12.0 Å². The Morgan fingerprint density at radius 1 is 1.22 bits per heavy atom. The Kier molecular flexibility index (Phi) is 5.50. The van der Waals surface area contributed by atoms with Crippen molar-refractivity contribution in [3.8, 4) is 0 Å². The normalized spacial score (nSPS) is 21.5. The number of amides is 2. The first-order valence-electron chi connectivity index (χ1n) is 10.1. The van der Waals surface area contributed by atoms with Gasteiger partial charge in [-0.05, 0) is 49.1 Å². The highest BCUT2D eigenvalue weighted by Gasteiger charge is 2.53. The molecule has 1 atom stereocenters. The van der Waals surface area contributed by atoms with Crippen LogP contribution in [0.5, 0.6) is 0 Å². The molecular weight excluding hydrogens is 340 g/mol. The zero-order chi connectivity index (χ0) is 19.7. The molecule has 1 unspecified atom stereocenters. The van der Waals surface area contributed by atoms with Crippen molar-refractivity contribution in [3.05, 3.63) is 35.4 Å². The Morgan fingerprint density at radius 2 is 1.89 bits per heavy atom. The molecule has 1 N–H and O–H groups in total. The van der Waals surface area contributed by atoms with Crippen LogP contribution in [0.15, 0.2) is 24.3 Å². The molecule has 2 fully saturated rings. The lowest BCUT2D eigenvalue weighted by atomic mass is 9.84. The highest BCUT2D eigenvalue weighted by atomic mass is 16.5. The van der Waals surface area contributed by atoms with Gasteiger partial charge in [0.25, 0.3) is 0 Å². The van der Waals surface area contributed by atoms with Crippen molar-refractivity contribution in [1.82, 2.24) is 10.2 Å². The van der Waals surface area contributed by atoms with Crippen molar-refractivity contribution in [3.63, 3.8) is 0 Å². The van der Waals surface area contributed by atoms with E-state index in [1.165, 1.54) is 5.56 Å². The number of likely N-dealkylation sites (tertiary alicyclic amines) is 1. The minimum atomic E-state index is -0.393. The monoisotopic (exact) mass is 372 g/mol. The van der Waals surface area contributed by atoms with Crippen LogP contribution in [-0.4, -0.2) is 42.6 Å². The van der Waals surface area contributed by atoms with Crippen molar-refractivity contribution in [2.75, 3.05) is 19.7 Å². The lowest BCUT2D eigenvalue weighted by Crippen LogP contribution is -2.52. The second kappa shape index (κ2) is 7.53. The summed E-state index contributed by atoms with van der Waals surface area (Å²) in [7, 11) is 0. The summed E-state index contributed by atoms with van der Waals surface area (Å²) in [5.74, 6) is 0.210. The predicted octanol–water partition coefficient (Wildman–Crippen LogP) is 3.75. The fourth-order valence-electron chi connectivity index (χ4n) is 3.96. The molecule has 0 spiro atoms. The number of hydrogen-bond donors (Lipinski definition) is 1. The summed E-state index contributed by atoms with van der Waals surface area (Å²) in [4.78, 5) is 26.9. The van der Waals surface area contributed by atoms with E-state index in [2.05, 4.69) is 50.4 Å². The van der Waals surface area contributed by atoms with Gasteiger partial charge in [-0.3, -0.25) is 4.79 Å². The van der Waals surface area contributed by atoms with Gasteiger partial charge >= 0.3 is 6.09 Å². The molecule has 1 aliphatic heterocycles. The van der Waals surface area contributed by atoms with Crippen molar-refractivity contribution in [1.29, 1.82) is 0 Å². The molecule has 0 aromatic heterocycles. The standard InChI is InChI=1S/C22H32N2O3/c1-5-27-20(26)23-18-7-6-14-24(15-18)19(25)22(12-13-22)17-10-8-16(9-11-17)21(2,3)4/h8-11,18H,5-7,12-15H2,1-4H3,(H,23,26). The highest BCUT2D eigenvalue weighted by molar-refractivity contribution is 5.91. The number of nitrogens with zero attached hydrogens (tertiary/aromatic N) is 1. The predicted molar refractivity (Wildman–Crippen MR) is 106 cm³/mol. The number of benzene rings is 1. The zero-order valence-corrected chi connectivity index (χ0v) is 17.0. The molecule has 2 amide bonds. The molecular formula is C22H32N2O3. The topological polar surface area (TPSA) is 58.6 Å². The van der Waals surface area contributed by atoms with Crippen LogP contribution >= 0.6 is 0 Å². The molecule has 1 heterocycles. The third kappa shape index (κ3) is 4.28. The van der Waals surface area contributed by atoms with Crippen LogP contribution in [0.25, 0.3) is 0 Å². The summed E-state index contributed by atoms with van der Waals surface area (Å²) < 4.78 is 4.97. The smallest absolute Gasteiger partial charge is 0.407 e. The van der Waals surface area contributed by atoms with Gasteiger partial charge in [0.2, 0.25) is 5.91 Å². The summed E-state index contributed by atoms with van der Waals surface area (Å²) in [5.41, 5.74) is 2.16. The Bertz CT molecular complexity index is 687. The largest absolute Gasteiger partial charge is 0.450 e. The minimum absolute atomic E-state index is 0.0270. The molecule has 2 aliphatic rings. The van der Waals surface area contributed by atoms with Crippen LogP contribution in [0.2, 0.25) is 0 Å². The highest BCUT2D eigenvalue weighted by Crippen LogP contribution is 2.50. The van der Waals surface area contributed by atoms with Gasteiger partial charge in [0, 0.05) is 19.1 Å². The quantitative estimate of drug-likeness (QED) is 0.876.